The van der Waals surface area contributed by atoms with E-state index in [0.717, 1.165) is 42.3 Å². The molecule has 0 aliphatic carbocycles. The van der Waals surface area contributed by atoms with E-state index in [-0.39, 0.29) is 23.0 Å². The third-order valence-corrected chi connectivity index (χ3v) is 7.13. The van der Waals surface area contributed by atoms with Crippen LogP contribution in [0.5, 0.6) is 5.75 Å². The molecule has 5 nitrogen and oxygen atoms in total. The zero-order valence-electron chi connectivity index (χ0n) is 22.8. The first kappa shape index (κ1) is 31.8. The van der Waals surface area contributed by atoms with Gasteiger partial charge in [0.25, 0.3) is 0 Å². The molecule has 0 radical (unpaired) electrons. The highest BCUT2D eigenvalue weighted by Gasteiger charge is 2.07. The molecule has 2 aromatic carbocycles. The maximum atomic E-state index is 12.4. The number of amides is 2. The summed E-state index contributed by atoms with van der Waals surface area (Å²) in [7, 11) is 0. The molecule has 1 aromatic heterocycles. The summed E-state index contributed by atoms with van der Waals surface area (Å²) in [6.07, 6.45) is 18.1. The zero-order chi connectivity index (χ0) is 26.0. The molecule has 0 atom stereocenters. The topological polar surface area (TPSA) is 54.2 Å². The number of ether oxygens (including phenoxy) is 1. The molecule has 0 unspecified atom stereocenters. The van der Waals surface area contributed by atoms with Crippen molar-refractivity contribution in [1.29, 1.82) is 0 Å². The average molecular weight is 603 g/mol. The van der Waals surface area contributed by atoms with Gasteiger partial charge in [-0.05, 0) is 42.8 Å². The second kappa shape index (κ2) is 19.7. The lowest BCUT2D eigenvalue weighted by Crippen LogP contribution is -3.00. The molecular formula is C31H44BrN3O2S. The Kier molecular flexibility index (Phi) is 16.5. The van der Waals surface area contributed by atoms with Crippen molar-refractivity contribution in [3.63, 3.8) is 0 Å². The summed E-state index contributed by atoms with van der Waals surface area (Å²) in [6, 6.07) is 15.2. The van der Waals surface area contributed by atoms with Crippen LogP contribution in [0.2, 0.25) is 0 Å². The van der Waals surface area contributed by atoms with E-state index in [9.17, 15) is 4.79 Å². The Morgan fingerprint density at radius 3 is 2.08 bits per heavy atom. The Labute approximate surface area is 243 Å². The van der Waals surface area contributed by atoms with Crippen LogP contribution in [-0.4, -0.2) is 12.6 Å². The Bertz CT molecular complexity index is 1010. The highest BCUT2D eigenvalue weighted by Crippen LogP contribution is 2.18. The van der Waals surface area contributed by atoms with Crippen LogP contribution in [0.3, 0.4) is 0 Å². The van der Waals surface area contributed by atoms with Crippen molar-refractivity contribution in [2.24, 2.45) is 0 Å². The SMILES string of the molecule is CCCCCCCCCCCCCCOc1ccc(NC(=O)Nc2cccc(C[n+]3ccsc3)c2)cc1.[Br-]. The molecule has 1 heterocycles. The first-order chi connectivity index (χ1) is 18.2. The molecule has 0 spiro atoms. The Balaban J connectivity index is 0.00000507. The number of carbonyl (C=O) groups is 1. The number of nitrogens with zero attached hydrogens (tertiary/aromatic N) is 1. The molecule has 2 amide bonds. The van der Waals surface area contributed by atoms with Gasteiger partial charge in [-0.15, -0.1) is 0 Å². The minimum atomic E-state index is -0.259. The first-order valence-electron chi connectivity index (χ1n) is 14.0. The van der Waals surface area contributed by atoms with Gasteiger partial charge in [0.1, 0.15) is 5.75 Å². The highest BCUT2D eigenvalue weighted by atomic mass is 79.9. The lowest BCUT2D eigenvalue weighted by atomic mass is 10.1. The number of urea groups is 1. The first-order valence-corrected chi connectivity index (χ1v) is 15.0. The standard InChI is InChI=1S/C31H43N3O2S.BrH/c1-2-3-4-5-6-7-8-9-10-11-12-13-22-36-30-19-17-28(18-20-30)32-31(35)33-29-16-14-15-27(24-29)25-34-21-23-37-26-34;/h14-21,23-24,26H,2-13,22,25H2,1H3,(H-,32,33,35);1H. The third-order valence-electron chi connectivity index (χ3n) is 6.46. The van der Waals surface area contributed by atoms with Crippen molar-refractivity contribution in [3.8, 4) is 5.75 Å². The van der Waals surface area contributed by atoms with Gasteiger partial charge in [0, 0.05) is 16.9 Å². The molecule has 0 bridgehead atoms. The van der Waals surface area contributed by atoms with E-state index < -0.39 is 0 Å². The fourth-order valence-corrected chi connectivity index (χ4v) is 4.97. The van der Waals surface area contributed by atoms with Crippen molar-refractivity contribution in [2.75, 3.05) is 17.2 Å². The fraction of sp³-hybridized carbons (Fsp3) is 0.484. The second-order valence-electron chi connectivity index (χ2n) is 9.74. The van der Waals surface area contributed by atoms with Crippen molar-refractivity contribution in [3.05, 3.63) is 71.2 Å². The van der Waals surface area contributed by atoms with Gasteiger partial charge in [0.05, 0.1) is 12.0 Å². The van der Waals surface area contributed by atoms with Gasteiger partial charge in [0.15, 0.2) is 12.7 Å². The lowest BCUT2D eigenvalue weighted by molar-refractivity contribution is -0.683. The fourth-order valence-electron chi connectivity index (χ4n) is 4.37. The number of hydrogen-bond acceptors (Lipinski definition) is 3. The average Bonchev–Trinajstić information content (AvgIpc) is 3.41. The number of rotatable bonds is 18. The van der Waals surface area contributed by atoms with E-state index >= 15 is 0 Å². The van der Waals surface area contributed by atoms with Gasteiger partial charge in [-0.1, -0.05) is 101 Å². The molecule has 0 saturated carbocycles. The predicted octanol–water partition coefficient (Wildman–Crippen LogP) is 5.81. The molecule has 2 N–H and O–H groups in total. The normalized spacial score (nSPS) is 10.6. The molecule has 7 heteroatoms. The van der Waals surface area contributed by atoms with Gasteiger partial charge < -0.3 is 32.4 Å². The highest BCUT2D eigenvalue weighted by molar-refractivity contribution is 7.07. The summed E-state index contributed by atoms with van der Waals surface area (Å²) in [5, 5.41) is 7.85. The van der Waals surface area contributed by atoms with E-state index in [2.05, 4.69) is 33.7 Å². The zero-order valence-corrected chi connectivity index (χ0v) is 25.2. The third kappa shape index (κ3) is 13.4. The van der Waals surface area contributed by atoms with Crippen molar-refractivity contribution >= 4 is 28.7 Å². The van der Waals surface area contributed by atoms with Crippen LogP contribution >= 0.6 is 11.3 Å². The van der Waals surface area contributed by atoms with Crippen LogP contribution in [0.25, 0.3) is 0 Å². The number of nitrogens with one attached hydrogen (secondary N) is 2. The molecule has 0 saturated heterocycles. The number of anilines is 2. The monoisotopic (exact) mass is 601 g/mol. The van der Waals surface area contributed by atoms with Gasteiger partial charge in [-0.2, -0.15) is 4.57 Å². The number of carbonyl (C=O) groups excluding carboxylic acids is 1. The lowest BCUT2D eigenvalue weighted by Gasteiger charge is -2.10. The number of aromatic nitrogens is 1. The van der Waals surface area contributed by atoms with Gasteiger partial charge in [0.2, 0.25) is 5.51 Å². The van der Waals surface area contributed by atoms with Gasteiger partial charge in [-0.3, -0.25) is 0 Å². The van der Waals surface area contributed by atoms with E-state index in [4.69, 9.17) is 4.74 Å². The quantitative estimate of drug-likeness (QED) is 0.143. The summed E-state index contributed by atoms with van der Waals surface area (Å²) in [6.45, 7) is 3.79. The minimum absolute atomic E-state index is 0. The largest absolute Gasteiger partial charge is 1.00 e. The summed E-state index contributed by atoms with van der Waals surface area (Å²) >= 11 is 1.66. The molecule has 3 aromatic rings. The molecule has 208 valence electrons. The van der Waals surface area contributed by atoms with Crippen LogP contribution in [0.15, 0.2) is 65.6 Å². The van der Waals surface area contributed by atoms with Crippen LogP contribution in [0.1, 0.15) is 89.5 Å². The number of halogens is 1. The van der Waals surface area contributed by atoms with Crippen LogP contribution < -0.4 is 36.9 Å². The van der Waals surface area contributed by atoms with Crippen molar-refractivity contribution in [1.82, 2.24) is 0 Å². The Hall–Kier alpha value is -2.38. The number of unbranched alkanes of at least 4 members (excludes halogenated alkanes) is 11. The van der Waals surface area contributed by atoms with E-state index in [1.165, 1.54) is 70.6 Å². The van der Waals surface area contributed by atoms with E-state index in [1.54, 1.807) is 11.3 Å². The van der Waals surface area contributed by atoms with Crippen molar-refractivity contribution in [2.45, 2.75) is 90.5 Å². The molecular weight excluding hydrogens is 558 g/mol. The smallest absolute Gasteiger partial charge is 0.323 e. The summed E-state index contributed by atoms with van der Waals surface area (Å²) < 4.78 is 8.00. The van der Waals surface area contributed by atoms with Crippen LogP contribution in [0, 0.1) is 0 Å². The molecule has 3 rings (SSSR count). The van der Waals surface area contributed by atoms with E-state index in [1.807, 2.05) is 54.0 Å². The number of thiazole rings is 1. The molecule has 0 aliphatic rings. The molecule has 38 heavy (non-hydrogen) atoms. The van der Waals surface area contributed by atoms with Crippen molar-refractivity contribution < 1.29 is 31.1 Å². The maximum absolute atomic E-state index is 12.4. The van der Waals surface area contributed by atoms with Crippen LogP contribution in [-0.2, 0) is 6.54 Å². The minimum Gasteiger partial charge on any atom is -1.00 e. The number of benzene rings is 2. The maximum Gasteiger partial charge on any atom is 0.323 e. The predicted molar refractivity (Wildman–Crippen MR) is 156 cm³/mol. The summed E-state index contributed by atoms with van der Waals surface area (Å²) in [5.74, 6) is 0.840. The Morgan fingerprint density at radius 1 is 0.816 bits per heavy atom. The van der Waals surface area contributed by atoms with Gasteiger partial charge in [-0.25, -0.2) is 4.79 Å². The molecule has 0 fully saturated rings. The summed E-state index contributed by atoms with van der Waals surface area (Å²) in [5.41, 5.74) is 4.71. The van der Waals surface area contributed by atoms with Gasteiger partial charge >= 0.3 is 6.03 Å². The van der Waals surface area contributed by atoms with Crippen LogP contribution in [0.4, 0.5) is 16.2 Å². The second-order valence-corrected chi connectivity index (χ2v) is 10.5. The molecule has 0 aliphatic heterocycles. The summed E-state index contributed by atoms with van der Waals surface area (Å²) in [4.78, 5) is 12.4. The van der Waals surface area contributed by atoms with E-state index in [0.29, 0.717) is 0 Å². The number of hydrogen-bond donors (Lipinski definition) is 2. The Morgan fingerprint density at radius 2 is 1.45 bits per heavy atom.